The zero-order chi connectivity index (χ0) is 19.6. The first-order valence-corrected chi connectivity index (χ1v) is 9.03. The number of carbonyl (C=O) groups is 1. The monoisotopic (exact) mass is 370 g/mol. The standard InChI is InChI=1S/C22H26O5/c1-4-25-21-15-17(6-12-22(23)24)5-11-20(21)27-14-13-26-19-9-7-18(8-10-19)16(2)3/h5-12,15-16H,4,13-14H2,1-3H3,(H,23,24). The summed E-state index contributed by atoms with van der Waals surface area (Å²) in [7, 11) is 0. The summed E-state index contributed by atoms with van der Waals surface area (Å²) >= 11 is 0. The first kappa shape index (κ1) is 20.4. The third-order valence-electron chi connectivity index (χ3n) is 3.84. The molecule has 0 atom stereocenters. The lowest BCUT2D eigenvalue weighted by Gasteiger charge is -2.13. The lowest BCUT2D eigenvalue weighted by molar-refractivity contribution is -0.131. The van der Waals surface area contributed by atoms with Crippen LogP contribution in [0.5, 0.6) is 17.2 Å². The van der Waals surface area contributed by atoms with Gasteiger partial charge in [0.05, 0.1) is 6.61 Å². The highest BCUT2D eigenvalue weighted by molar-refractivity contribution is 5.85. The van der Waals surface area contributed by atoms with Crippen LogP contribution in [0.4, 0.5) is 0 Å². The Bertz CT molecular complexity index is 763. The summed E-state index contributed by atoms with van der Waals surface area (Å²) in [5, 5.41) is 8.72. The molecule has 1 N–H and O–H groups in total. The van der Waals surface area contributed by atoms with E-state index >= 15 is 0 Å². The maximum absolute atomic E-state index is 10.6. The van der Waals surface area contributed by atoms with Gasteiger partial charge in [0.2, 0.25) is 0 Å². The largest absolute Gasteiger partial charge is 0.490 e. The average Bonchev–Trinajstić information content (AvgIpc) is 2.65. The highest BCUT2D eigenvalue weighted by Gasteiger charge is 2.06. The summed E-state index contributed by atoms with van der Waals surface area (Å²) in [4.78, 5) is 10.6. The Morgan fingerprint density at radius 2 is 1.70 bits per heavy atom. The van der Waals surface area contributed by atoms with E-state index in [-0.39, 0.29) is 0 Å². The van der Waals surface area contributed by atoms with Crippen LogP contribution < -0.4 is 14.2 Å². The van der Waals surface area contributed by atoms with Crippen LogP contribution in [-0.4, -0.2) is 30.9 Å². The quantitative estimate of drug-likeness (QED) is 0.482. The number of aliphatic carboxylic acids is 1. The maximum atomic E-state index is 10.6. The molecule has 144 valence electrons. The normalized spacial score (nSPS) is 11.0. The van der Waals surface area contributed by atoms with Gasteiger partial charge < -0.3 is 19.3 Å². The van der Waals surface area contributed by atoms with Gasteiger partial charge in [-0.2, -0.15) is 0 Å². The topological polar surface area (TPSA) is 65.0 Å². The van der Waals surface area contributed by atoms with Gasteiger partial charge in [-0.25, -0.2) is 4.79 Å². The number of hydrogen-bond donors (Lipinski definition) is 1. The molecule has 0 spiro atoms. The second-order valence-corrected chi connectivity index (χ2v) is 6.23. The predicted octanol–water partition coefficient (Wildman–Crippen LogP) is 4.76. The number of ether oxygens (including phenoxy) is 3. The molecule has 2 rings (SSSR count). The predicted molar refractivity (Wildman–Crippen MR) is 106 cm³/mol. The van der Waals surface area contributed by atoms with Gasteiger partial charge in [0.25, 0.3) is 0 Å². The third-order valence-corrected chi connectivity index (χ3v) is 3.84. The lowest BCUT2D eigenvalue weighted by atomic mass is 10.0. The van der Waals surface area contributed by atoms with Crippen LogP contribution in [0.1, 0.15) is 37.8 Å². The van der Waals surface area contributed by atoms with Gasteiger partial charge in [-0.15, -0.1) is 0 Å². The highest BCUT2D eigenvalue weighted by Crippen LogP contribution is 2.29. The Morgan fingerprint density at radius 3 is 2.33 bits per heavy atom. The number of carboxylic acids is 1. The summed E-state index contributed by atoms with van der Waals surface area (Å²) < 4.78 is 17.1. The zero-order valence-electron chi connectivity index (χ0n) is 16.0. The minimum absolute atomic E-state index is 0.371. The van der Waals surface area contributed by atoms with Gasteiger partial charge >= 0.3 is 5.97 Å². The van der Waals surface area contributed by atoms with Gasteiger partial charge in [0, 0.05) is 6.08 Å². The lowest BCUT2D eigenvalue weighted by Crippen LogP contribution is -2.10. The van der Waals surface area contributed by atoms with Crippen molar-refractivity contribution in [2.24, 2.45) is 0 Å². The van der Waals surface area contributed by atoms with Crippen molar-refractivity contribution < 1.29 is 24.1 Å². The van der Waals surface area contributed by atoms with Crippen molar-refractivity contribution in [3.05, 3.63) is 59.7 Å². The Hall–Kier alpha value is -2.95. The molecule has 0 heterocycles. The first-order valence-electron chi connectivity index (χ1n) is 9.03. The molecule has 0 fully saturated rings. The second kappa shape index (κ2) is 10.3. The SMILES string of the molecule is CCOc1cc(C=CC(=O)O)ccc1OCCOc1ccc(C(C)C)cc1. The van der Waals surface area contributed by atoms with Crippen molar-refractivity contribution in [1.29, 1.82) is 0 Å². The molecule has 0 aromatic heterocycles. The van der Waals surface area contributed by atoms with Gasteiger partial charge in [-0.05, 0) is 54.3 Å². The summed E-state index contributed by atoms with van der Waals surface area (Å²) in [5.41, 5.74) is 2.01. The summed E-state index contributed by atoms with van der Waals surface area (Å²) in [6, 6.07) is 13.4. The van der Waals surface area contributed by atoms with Crippen molar-refractivity contribution in [3.8, 4) is 17.2 Å². The number of rotatable bonds is 10. The molecule has 5 nitrogen and oxygen atoms in total. The van der Waals surface area contributed by atoms with Crippen LogP contribution in [0.3, 0.4) is 0 Å². The maximum Gasteiger partial charge on any atom is 0.328 e. The molecule has 0 saturated heterocycles. The van der Waals surface area contributed by atoms with Gasteiger partial charge in [0.1, 0.15) is 19.0 Å². The molecule has 27 heavy (non-hydrogen) atoms. The van der Waals surface area contributed by atoms with Crippen molar-refractivity contribution in [3.63, 3.8) is 0 Å². The molecule has 0 unspecified atom stereocenters. The number of carboxylic acid groups (broad SMARTS) is 1. The Labute approximate surface area is 160 Å². The number of benzene rings is 2. The van der Waals surface area contributed by atoms with Crippen molar-refractivity contribution in [2.45, 2.75) is 26.7 Å². The first-order chi connectivity index (χ1) is 13.0. The molecule has 5 heteroatoms. The van der Waals surface area contributed by atoms with Crippen LogP contribution in [0.25, 0.3) is 6.08 Å². The summed E-state index contributed by atoms with van der Waals surface area (Å²) in [6.07, 6.45) is 2.60. The van der Waals surface area contributed by atoms with Gasteiger partial charge in [-0.3, -0.25) is 0 Å². The van der Waals surface area contributed by atoms with Crippen LogP contribution in [-0.2, 0) is 4.79 Å². The molecular weight excluding hydrogens is 344 g/mol. The molecule has 0 aliphatic rings. The fourth-order valence-corrected chi connectivity index (χ4v) is 2.44. The Kier molecular flexibility index (Phi) is 7.74. The molecule has 0 amide bonds. The van der Waals surface area contributed by atoms with Crippen LogP contribution in [0.2, 0.25) is 0 Å². The second-order valence-electron chi connectivity index (χ2n) is 6.23. The fraction of sp³-hybridized carbons (Fsp3) is 0.318. The Morgan fingerprint density at radius 1 is 1.00 bits per heavy atom. The molecule has 0 radical (unpaired) electrons. The van der Waals surface area contributed by atoms with E-state index in [1.807, 2.05) is 19.1 Å². The van der Waals surface area contributed by atoms with E-state index in [1.165, 1.54) is 11.6 Å². The minimum Gasteiger partial charge on any atom is -0.490 e. The molecule has 0 saturated carbocycles. The van der Waals surface area contributed by atoms with Crippen molar-refractivity contribution >= 4 is 12.0 Å². The summed E-state index contributed by atoms with van der Waals surface area (Å²) in [5.74, 6) is 1.48. The smallest absolute Gasteiger partial charge is 0.328 e. The van der Waals surface area contributed by atoms with Gasteiger partial charge in [-0.1, -0.05) is 32.0 Å². The molecule has 2 aromatic rings. The molecule has 0 aliphatic carbocycles. The van der Waals surface area contributed by atoms with Crippen molar-refractivity contribution in [1.82, 2.24) is 0 Å². The van der Waals surface area contributed by atoms with Crippen LogP contribution in [0.15, 0.2) is 48.5 Å². The zero-order valence-corrected chi connectivity index (χ0v) is 16.0. The average molecular weight is 370 g/mol. The third kappa shape index (κ3) is 6.70. The highest BCUT2D eigenvalue weighted by atomic mass is 16.5. The molecular formula is C22H26O5. The van der Waals surface area contributed by atoms with E-state index < -0.39 is 5.97 Å². The van der Waals surface area contributed by atoms with E-state index in [9.17, 15) is 4.79 Å². The van der Waals surface area contributed by atoms with E-state index in [0.717, 1.165) is 17.4 Å². The minimum atomic E-state index is -0.994. The van der Waals surface area contributed by atoms with Crippen LogP contribution >= 0.6 is 0 Å². The van der Waals surface area contributed by atoms with E-state index in [4.69, 9.17) is 19.3 Å². The van der Waals surface area contributed by atoms with E-state index in [2.05, 4.69) is 26.0 Å². The number of hydrogen-bond acceptors (Lipinski definition) is 4. The van der Waals surface area contributed by atoms with E-state index in [0.29, 0.717) is 37.2 Å². The molecule has 0 aliphatic heterocycles. The Balaban J connectivity index is 1.91. The molecule has 0 bridgehead atoms. The van der Waals surface area contributed by atoms with Crippen LogP contribution in [0, 0.1) is 0 Å². The van der Waals surface area contributed by atoms with E-state index in [1.54, 1.807) is 18.2 Å². The fourth-order valence-electron chi connectivity index (χ4n) is 2.44. The summed E-state index contributed by atoms with van der Waals surface area (Å²) in [6.45, 7) is 7.46. The molecule has 2 aromatic carbocycles. The van der Waals surface area contributed by atoms with Gasteiger partial charge in [0.15, 0.2) is 11.5 Å². The van der Waals surface area contributed by atoms with Crippen molar-refractivity contribution in [2.75, 3.05) is 19.8 Å².